The first-order valence-corrected chi connectivity index (χ1v) is 10.8. The number of carbonyl (C=O) groups excluding carboxylic acids is 1. The Morgan fingerprint density at radius 1 is 1.17 bits per heavy atom. The summed E-state index contributed by atoms with van der Waals surface area (Å²) >= 11 is 0. The number of rotatable bonds is 7. The standard InChI is InChI=1S/C21H22N2O6S/c1-4-13(2)23-30(26,27)16-10-8-15(9-11-16)22-20(24)17-12-14-6-5-7-18(28-3)19(14)29-21(17)25/h5-13,23H,4H2,1-3H3,(H,22,24). The summed E-state index contributed by atoms with van der Waals surface area (Å²) in [7, 11) is -2.19. The summed E-state index contributed by atoms with van der Waals surface area (Å²) in [5, 5.41) is 3.12. The van der Waals surface area contributed by atoms with E-state index in [1.165, 1.54) is 37.4 Å². The minimum absolute atomic E-state index is 0.0816. The van der Waals surface area contributed by atoms with Gasteiger partial charge in [0.1, 0.15) is 5.56 Å². The molecule has 1 heterocycles. The van der Waals surface area contributed by atoms with E-state index in [0.717, 1.165) is 0 Å². The van der Waals surface area contributed by atoms with Crippen LogP contribution in [0.5, 0.6) is 5.75 Å². The lowest BCUT2D eigenvalue weighted by molar-refractivity contribution is 0.102. The molecule has 0 saturated heterocycles. The number of ether oxygens (including phenoxy) is 1. The molecular formula is C21H22N2O6S. The number of sulfonamides is 1. The van der Waals surface area contributed by atoms with Crippen LogP contribution in [0.25, 0.3) is 11.0 Å². The lowest BCUT2D eigenvalue weighted by Crippen LogP contribution is -2.31. The third-order valence-corrected chi connectivity index (χ3v) is 6.19. The van der Waals surface area contributed by atoms with E-state index in [0.29, 0.717) is 23.2 Å². The second-order valence-corrected chi connectivity index (χ2v) is 8.45. The van der Waals surface area contributed by atoms with Crippen LogP contribution in [-0.2, 0) is 10.0 Å². The van der Waals surface area contributed by atoms with Gasteiger partial charge in [0.15, 0.2) is 11.3 Å². The number of nitrogens with one attached hydrogen (secondary N) is 2. The van der Waals surface area contributed by atoms with E-state index in [4.69, 9.17) is 9.15 Å². The lowest BCUT2D eigenvalue weighted by atomic mass is 10.1. The maximum atomic E-state index is 12.6. The number of amides is 1. The predicted octanol–water partition coefficient (Wildman–Crippen LogP) is 3.13. The Hall–Kier alpha value is -3.17. The maximum Gasteiger partial charge on any atom is 0.349 e. The van der Waals surface area contributed by atoms with Crippen molar-refractivity contribution in [2.45, 2.75) is 31.2 Å². The monoisotopic (exact) mass is 430 g/mol. The molecule has 9 heteroatoms. The highest BCUT2D eigenvalue weighted by atomic mass is 32.2. The second kappa shape index (κ2) is 8.68. The third-order valence-electron chi connectivity index (χ3n) is 4.58. The Kier molecular flexibility index (Phi) is 6.23. The van der Waals surface area contributed by atoms with E-state index in [1.807, 2.05) is 6.92 Å². The number of hydrogen-bond acceptors (Lipinski definition) is 6. The van der Waals surface area contributed by atoms with Gasteiger partial charge in [-0.1, -0.05) is 19.1 Å². The van der Waals surface area contributed by atoms with Crippen LogP contribution >= 0.6 is 0 Å². The zero-order valence-corrected chi connectivity index (χ0v) is 17.6. The van der Waals surface area contributed by atoms with Gasteiger partial charge in [0.25, 0.3) is 5.91 Å². The van der Waals surface area contributed by atoms with E-state index in [1.54, 1.807) is 25.1 Å². The number of fused-ring (bicyclic) bond motifs is 1. The van der Waals surface area contributed by atoms with Crippen molar-refractivity contribution in [1.82, 2.24) is 4.72 Å². The lowest BCUT2D eigenvalue weighted by Gasteiger charge is -2.12. The molecule has 8 nitrogen and oxygen atoms in total. The molecule has 3 rings (SSSR count). The van der Waals surface area contributed by atoms with Crippen LogP contribution in [0.1, 0.15) is 30.6 Å². The number of hydrogen-bond donors (Lipinski definition) is 2. The molecule has 0 radical (unpaired) electrons. The summed E-state index contributed by atoms with van der Waals surface area (Å²) in [6.45, 7) is 3.65. The van der Waals surface area contributed by atoms with E-state index in [9.17, 15) is 18.0 Å². The van der Waals surface area contributed by atoms with Gasteiger partial charge in [-0.3, -0.25) is 4.79 Å². The molecule has 0 spiro atoms. The van der Waals surface area contributed by atoms with Crippen LogP contribution < -0.4 is 20.4 Å². The molecule has 0 aliphatic rings. The molecular weight excluding hydrogens is 408 g/mol. The summed E-state index contributed by atoms with van der Waals surface area (Å²) in [4.78, 5) is 24.9. The molecule has 1 unspecified atom stereocenters. The van der Waals surface area contributed by atoms with Crippen molar-refractivity contribution < 1.29 is 22.4 Å². The molecule has 30 heavy (non-hydrogen) atoms. The first-order chi connectivity index (χ1) is 14.2. The zero-order chi connectivity index (χ0) is 21.9. The summed E-state index contributed by atoms with van der Waals surface area (Å²) < 4.78 is 37.6. The molecule has 3 aromatic rings. The Bertz CT molecular complexity index is 1230. The number of benzene rings is 2. The number of anilines is 1. The van der Waals surface area contributed by atoms with Crippen molar-refractivity contribution in [2.75, 3.05) is 12.4 Å². The SMILES string of the molecule is CCC(C)NS(=O)(=O)c1ccc(NC(=O)c2cc3cccc(OC)c3oc2=O)cc1. The molecule has 2 N–H and O–H groups in total. The van der Waals surface area contributed by atoms with Gasteiger partial charge in [-0.2, -0.15) is 0 Å². The van der Waals surface area contributed by atoms with Crippen molar-refractivity contribution in [2.24, 2.45) is 0 Å². The highest BCUT2D eigenvalue weighted by molar-refractivity contribution is 7.89. The van der Waals surface area contributed by atoms with Crippen LogP contribution in [-0.4, -0.2) is 27.5 Å². The fourth-order valence-corrected chi connectivity index (χ4v) is 4.10. The molecule has 1 amide bonds. The van der Waals surface area contributed by atoms with Crippen LogP contribution in [0.15, 0.2) is 62.6 Å². The smallest absolute Gasteiger partial charge is 0.349 e. The van der Waals surface area contributed by atoms with E-state index < -0.39 is 21.6 Å². The zero-order valence-electron chi connectivity index (χ0n) is 16.8. The summed E-state index contributed by atoms with van der Waals surface area (Å²) in [6.07, 6.45) is 0.660. The molecule has 0 bridgehead atoms. The summed E-state index contributed by atoms with van der Waals surface area (Å²) in [5.41, 5.74) is -0.384. The van der Waals surface area contributed by atoms with Crippen molar-refractivity contribution in [3.63, 3.8) is 0 Å². The molecule has 1 aromatic heterocycles. The second-order valence-electron chi connectivity index (χ2n) is 6.74. The van der Waals surface area contributed by atoms with Gasteiger partial charge >= 0.3 is 5.63 Å². The average Bonchev–Trinajstić information content (AvgIpc) is 2.72. The van der Waals surface area contributed by atoms with Crippen molar-refractivity contribution in [3.05, 3.63) is 64.5 Å². The minimum Gasteiger partial charge on any atom is -0.493 e. The fourth-order valence-electron chi connectivity index (χ4n) is 2.77. The predicted molar refractivity (Wildman–Crippen MR) is 114 cm³/mol. The molecule has 0 aliphatic heterocycles. The van der Waals surface area contributed by atoms with Crippen LogP contribution in [0.4, 0.5) is 5.69 Å². The molecule has 0 saturated carbocycles. The summed E-state index contributed by atoms with van der Waals surface area (Å²) in [5.74, 6) is -0.277. The van der Waals surface area contributed by atoms with Crippen LogP contribution in [0.3, 0.4) is 0 Å². The normalized spacial score (nSPS) is 12.5. The Labute approximate surface area is 173 Å². The minimum atomic E-state index is -3.65. The van der Waals surface area contributed by atoms with Crippen LogP contribution in [0.2, 0.25) is 0 Å². The Morgan fingerprint density at radius 3 is 2.50 bits per heavy atom. The van der Waals surface area contributed by atoms with E-state index >= 15 is 0 Å². The topological polar surface area (TPSA) is 115 Å². The molecule has 2 aromatic carbocycles. The van der Waals surface area contributed by atoms with Crippen molar-refractivity contribution >= 4 is 32.6 Å². The highest BCUT2D eigenvalue weighted by Crippen LogP contribution is 2.24. The van der Waals surface area contributed by atoms with Gasteiger partial charge in [0, 0.05) is 17.1 Å². The van der Waals surface area contributed by atoms with Gasteiger partial charge in [-0.15, -0.1) is 0 Å². The maximum absolute atomic E-state index is 12.6. The first kappa shape index (κ1) is 21.5. The molecule has 0 aliphatic carbocycles. The number of carbonyl (C=O) groups is 1. The Balaban J connectivity index is 1.83. The van der Waals surface area contributed by atoms with Gasteiger partial charge in [0.05, 0.1) is 12.0 Å². The molecule has 0 fully saturated rings. The quantitative estimate of drug-likeness (QED) is 0.557. The largest absolute Gasteiger partial charge is 0.493 e. The third kappa shape index (κ3) is 4.52. The average molecular weight is 430 g/mol. The molecule has 158 valence electrons. The van der Waals surface area contributed by atoms with Gasteiger partial charge in [0.2, 0.25) is 10.0 Å². The van der Waals surface area contributed by atoms with Gasteiger partial charge in [-0.05, 0) is 49.7 Å². The van der Waals surface area contributed by atoms with E-state index in [2.05, 4.69) is 10.0 Å². The first-order valence-electron chi connectivity index (χ1n) is 9.29. The van der Waals surface area contributed by atoms with Gasteiger partial charge in [-0.25, -0.2) is 17.9 Å². The summed E-state index contributed by atoms with van der Waals surface area (Å²) in [6, 6.07) is 12.0. The van der Waals surface area contributed by atoms with Crippen LogP contribution in [0, 0.1) is 0 Å². The van der Waals surface area contributed by atoms with E-state index in [-0.39, 0.29) is 22.1 Å². The van der Waals surface area contributed by atoms with Crippen molar-refractivity contribution in [1.29, 1.82) is 0 Å². The Morgan fingerprint density at radius 2 is 1.87 bits per heavy atom. The number of para-hydroxylation sites is 1. The fraction of sp³-hybridized carbons (Fsp3) is 0.238. The highest BCUT2D eigenvalue weighted by Gasteiger charge is 2.18. The molecule has 1 atom stereocenters. The van der Waals surface area contributed by atoms with Gasteiger partial charge < -0.3 is 14.5 Å². The number of methoxy groups -OCH3 is 1. The van der Waals surface area contributed by atoms with Crippen molar-refractivity contribution in [3.8, 4) is 5.75 Å².